The monoisotopic (exact) mass is 171 g/mol. The van der Waals surface area contributed by atoms with Gasteiger partial charge in [-0.3, -0.25) is 5.43 Å². The number of nitrogens with zero attached hydrogens (tertiary/aromatic N) is 1. The molecule has 0 aromatic carbocycles. The third kappa shape index (κ3) is 5.29. The van der Waals surface area contributed by atoms with Crippen molar-refractivity contribution in [3.8, 4) is 0 Å². The van der Waals surface area contributed by atoms with Gasteiger partial charge >= 0.3 is 0 Å². The van der Waals surface area contributed by atoms with Crippen LogP contribution in [0.15, 0.2) is 11.6 Å². The Morgan fingerprint density at radius 3 is 2.67 bits per heavy atom. The van der Waals surface area contributed by atoms with Crippen molar-refractivity contribution >= 4 is 0 Å². The third-order valence-corrected chi connectivity index (χ3v) is 2.03. The first-order valence-electron chi connectivity index (χ1n) is 4.38. The fourth-order valence-electron chi connectivity index (χ4n) is 0.784. The Balaban J connectivity index is 3.59. The molecule has 72 valence electrons. The van der Waals surface area contributed by atoms with Crippen LogP contribution >= 0.6 is 0 Å². The molecule has 0 saturated carbocycles. The highest BCUT2D eigenvalue weighted by atomic mass is 15.5. The summed E-state index contributed by atoms with van der Waals surface area (Å²) in [6, 6.07) is 0.185. The Morgan fingerprint density at radius 2 is 2.25 bits per heavy atom. The minimum absolute atomic E-state index is 0.185. The lowest BCUT2D eigenvalue weighted by Gasteiger charge is -2.13. The fourth-order valence-corrected chi connectivity index (χ4v) is 0.784. The second-order valence-electron chi connectivity index (χ2n) is 3.17. The Kier molecular flexibility index (Phi) is 5.98. The van der Waals surface area contributed by atoms with Crippen molar-refractivity contribution in [1.29, 1.82) is 0 Å². The van der Waals surface area contributed by atoms with Gasteiger partial charge in [-0.2, -0.15) is 0 Å². The van der Waals surface area contributed by atoms with E-state index >= 15 is 0 Å². The molecular weight excluding hydrogens is 150 g/mol. The zero-order chi connectivity index (χ0) is 9.56. The second kappa shape index (κ2) is 6.17. The lowest BCUT2D eigenvalue weighted by atomic mass is 10.1. The lowest BCUT2D eigenvalue weighted by Crippen LogP contribution is -2.31. The zero-order valence-electron chi connectivity index (χ0n) is 8.59. The van der Waals surface area contributed by atoms with Crippen LogP contribution < -0.4 is 11.2 Å². The number of hydrazine groups is 1. The molecule has 0 aliphatic carbocycles. The van der Waals surface area contributed by atoms with E-state index in [4.69, 9.17) is 5.73 Å². The molecule has 0 bridgehead atoms. The van der Waals surface area contributed by atoms with Gasteiger partial charge in [0.1, 0.15) is 0 Å². The maximum atomic E-state index is 5.69. The Hall–Kier alpha value is -0.380. The van der Waals surface area contributed by atoms with Gasteiger partial charge in [0.15, 0.2) is 0 Å². The molecule has 3 nitrogen and oxygen atoms in total. The molecule has 1 atom stereocenters. The molecule has 12 heavy (non-hydrogen) atoms. The van der Waals surface area contributed by atoms with E-state index in [0.717, 1.165) is 13.0 Å². The van der Waals surface area contributed by atoms with Crippen LogP contribution in [-0.2, 0) is 0 Å². The predicted octanol–water partition coefficient (Wildman–Crippen LogP) is 0.736. The van der Waals surface area contributed by atoms with E-state index in [2.05, 4.69) is 18.4 Å². The molecule has 3 N–H and O–H groups in total. The van der Waals surface area contributed by atoms with Crippen LogP contribution in [0.3, 0.4) is 0 Å². The fraction of sp³-hybridized carbons (Fsp3) is 0.778. The smallest absolute Gasteiger partial charge is 0.0222 e. The van der Waals surface area contributed by atoms with E-state index in [1.54, 1.807) is 0 Å². The molecule has 0 amide bonds. The van der Waals surface area contributed by atoms with Crippen molar-refractivity contribution in [1.82, 2.24) is 10.4 Å². The molecule has 1 unspecified atom stereocenters. The van der Waals surface area contributed by atoms with E-state index in [1.807, 2.05) is 26.0 Å². The molecule has 0 aromatic rings. The molecule has 0 fully saturated rings. The number of rotatable bonds is 5. The minimum atomic E-state index is 0.185. The lowest BCUT2D eigenvalue weighted by molar-refractivity contribution is 0.265. The van der Waals surface area contributed by atoms with E-state index in [-0.39, 0.29) is 6.04 Å². The summed E-state index contributed by atoms with van der Waals surface area (Å²) in [5.41, 5.74) is 9.99. The largest absolute Gasteiger partial charge is 0.324 e. The number of hydrogen-bond donors (Lipinski definition) is 2. The van der Waals surface area contributed by atoms with Crippen molar-refractivity contribution < 1.29 is 0 Å². The highest BCUT2D eigenvalue weighted by Gasteiger charge is 1.96. The van der Waals surface area contributed by atoms with Crippen LogP contribution in [0.5, 0.6) is 0 Å². The van der Waals surface area contributed by atoms with Gasteiger partial charge in [0.05, 0.1) is 0 Å². The minimum Gasteiger partial charge on any atom is -0.324 e. The average Bonchev–Trinajstić information content (AvgIpc) is 2.03. The van der Waals surface area contributed by atoms with Gasteiger partial charge in [0, 0.05) is 19.6 Å². The summed E-state index contributed by atoms with van der Waals surface area (Å²) in [6.07, 6.45) is 3.24. The molecule has 0 spiro atoms. The number of nitrogens with two attached hydrogens (primary N) is 1. The van der Waals surface area contributed by atoms with Gasteiger partial charge in [-0.25, -0.2) is 5.01 Å². The predicted molar refractivity (Wildman–Crippen MR) is 53.7 cm³/mol. The third-order valence-electron chi connectivity index (χ3n) is 2.03. The van der Waals surface area contributed by atoms with Gasteiger partial charge in [0.25, 0.3) is 0 Å². The summed E-state index contributed by atoms with van der Waals surface area (Å²) in [4.78, 5) is 0. The second-order valence-corrected chi connectivity index (χ2v) is 3.17. The van der Waals surface area contributed by atoms with Crippen LogP contribution in [-0.4, -0.2) is 31.7 Å². The van der Waals surface area contributed by atoms with Crippen LogP contribution in [0.2, 0.25) is 0 Å². The highest BCUT2D eigenvalue weighted by molar-refractivity contribution is 5.04. The molecule has 0 heterocycles. The van der Waals surface area contributed by atoms with Gasteiger partial charge in [0.2, 0.25) is 0 Å². The standard InChI is InChI=1S/C9H21N3/c1-8(9(2)10)6-5-7-12(4)11-3/h6,9,11H,5,7,10H2,1-4H3/b8-6+. The maximum absolute atomic E-state index is 5.69. The first-order valence-corrected chi connectivity index (χ1v) is 4.38. The van der Waals surface area contributed by atoms with E-state index < -0.39 is 0 Å². The molecule has 0 rings (SSSR count). The summed E-state index contributed by atoms with van der Waals surface area (Å²) in [5.74, 6) is 0. The molecule has 3 heteroatoms. The number of hydrogen-bond acceptors (Lipinski definition) is 3. The van der Waals surface area contributed by atoms with Gasteiger partial charge < -0.3 is 5.73 Å². The Labute approximate surface area is 75.6 Å². The summed E-state index contributed by atoms with van der Waals surface area (Å²) < 4.78 is 0. The topological polar surface area (TPSA) is 41.3 Å². The normalized spacial score (nSPS) is 15.3. The number of nitrogens with one attached hydrogen (secondary N) is 1. The van der Waals surface area contributed by atoms with Crippen LogP contribution in [0.1, 0.15) is 20.3 Å². The first kappa shape index (κ1) is 11.6. The van der Waals surface area contributed by atoms with Crippen molar-refractivity contribution in [3.63, 3.8) is 0 Å². The average molecular weight is 171 g/mol. The molecule has 0 aliphatic heterocycles. The van der Waals surface area contributed by atoms with Crippen LogP contribution in [0.25, 0.3) is 0 Å². The van der Waals surface area contributed by atoms with Crippen LogP contribution in [0, 0.1) is 0 Å². The Morgan fingerprint density at radius 1 is 1.67 bits per heavy atom. The van der Waals surface area contributed by atoms with Gasteiger partial charge in [-0.05, 0) is 27.3 Å². The van der Waals surface area contributed by atoms with Crippen LogP contribution in [0.4, 0.5) is 0 Å². The molecule has 0 aromatic heterocycles. The summed E-state index contributed by atoms with van der Waals surface area (Å²) in [6.45, 7) is 5.10. The van der Waals surface area contributed by atoms with Crippen molar-refractivity contribution in [2.75, 3.05) is 20.6 Å². The van der Waals surface area contributed by atoms with Crippen molar-refractivity contribution in [2.45, 2.75) is 26.3 Å². The summed E-state index contributed by atoms with van der Waals surface area (Å²) >= 11 is 0. The van der Waals surface area contributed by atoms with E-state index in [0.29, 0.717) is 0 Å². The van der Waals surface area contributed by atoms with E-state index in [9.17, 15) is 0 Å². The molecule has 0 aliphatic rings. The molecule has 0 saturated heterocycles. The summed E-state index contributed by atoms with van der Waals surface area (Å²) in [5, 5.41) is 2.05. The van der Waals surface area contributed by atoms with Crippen molar-refractivity contribution in [2.24, 2.45) is 5.73 Å². The highest BCUT2D eigenvalue weighted by Crippen LogP contribution is 1.99. The quantitative estimate of drug-likeness (QED) is 0.473. The maximum Gasteiger partial charge on any atom is 0.0222 e. The van der Waals surface area contributed by atoms with Gasteiger partial charge in [-0.1, -0.05) is 11.6 Å². The Bertz CT molecular complexity index is 141. The summed E-state index contributed by atoms with van der Waals surface area (Å²) in [7, 11) is 3.94. The van der Waals surface area contributed by atoms with E-state index in [1.165, 1.54) is 5.57 Å². The van der Waals surface area contributed by atoms with Crippen molar-refractivity contribution in [3.05, 3.63) is 11.6 Å². The SMILES string of the molecule is CNN(C)CC/C=C(\C)C(C)N. The zero-order valence-corrected chi connectivity index (χ0v) is 8.59. The van der Waals surface area contributed by atoms with Gasteiger partial charge in [-0.15, -0.1) is 0 Å². The first-order chi connectivity index (χ1) is 5.57. The molecular formula is C9H21N3. The molecule has 0 radical (unpaired) electrons.